The van der Waals surface area contributed by atoms with Crippen LogP contribution in [0.5, 0.6) is 0 Å². The van der Waals surface area contributed by atoms with Crippen LogP contribution in [0, 0.1) is 0 Å². The smallest absolute Gasteiger partial charge is 0.385 e. The van der Waals surface area contributed by atoms with Crippen LogP contribution in [0.3, 0.4) is 0 Å². The average molecular weight is 337 g/mol. The number of aliphatic hydroxyl groups is 1. The summed E-state index contributed by atoms with van der Waals surface area (Å²) in [5, 5.41) is 22.3. The van der Waals surface area contributed by atoms with Gasteiger partial charge in [0, 0.05) is 18.7 Å². The Morgan fingerprint density at radius 3 is 2.46 bits per heavy atom. The fourth-order valence-corrected chi connectivity index (χ4v) is 3.28. The van der Waals surface area contributed by atoms with Crippen LogP contribution in [0.4, 0.5) is 13.2 Å². The number of rotatable bonds is 2. The minimum absolute atomic E-state index is 0.0157. The second-order valence-corrected chi connectivity index (χ2v) is 6.28. The maximum Gasteiger partial charge on any atom is 0.416 e. The molecule has 24 heavy (non-hydrogen) atoms. The van der Waals surface area contributed by atoms with Gasteiger partial charge in [-0.25, -0.2) is 0 Å². The molecule has 2 aromatic rings. The lowest BCUT2D eigenvalue weighted by Gasteiger charge is -2.41. The van der Waals surface area contributed by atoms with Gasteiger partial charge >= 0.3 is 6.18 Å². The fraction of sp³-hybridized carbons (Fsp3) is 0.412. The molecule has 1 fully saturated rings. The van der Waals surface area contributed by atoms with Gasteiger partial charge in [-0.3, -0.25) is 0 Å². The van der Waals surface area contributed by atoms with Gasteiger partial charge < -0.3 is 10.4 Å². The molecule has 1 aromatic heterocycles. The second-order valence-electron chi connectivity index (χ2n) is 6.28. The van der Waals surface area contributed by atoms with Crippen molar-refractivity contribution in [3.8, 4) is 0 Å². The van der Waals surface area contributed by atoms with Crippen molar-refractivity contribution in [1.82, 2.24) is 15.5 Å². The first-order valence-electron chi connectivity index (χ1n) is 7.72. The van der Waals surface area contributed by atoms with Crippen LogP contribution >= 0.6 is 0 Å². The Hall–Kier alpha value is -1.99. The number of piperidine rings is 1. The summed E-state index contributed by atoms with van der Waals surface area (Å²) in [6, 6.07) is 8.08. The quantitative estimate of drug-likeness (QED) is 0.884. The van der Waals surface area contributed by atoms with Gasteiger partial charge in [-0.2, -0.15) is 23.4 Å². The summed E-state index contributed by atoms with van der Waals surface area (Å²) in [5.41, 5.74) is -0.744. The number of hydrogen-bond donors (Lipinski definition) is 2. The predicted octanol–water partition coefficient (Wildman–Crippen LogP) is 3.20. The molecule has 0 spiro atoms. The molecule has 3 atom stereocenters. The Morgan fingerprint density at radius 2 is 1.88 bits per heavy atom. The Bertz CT molecular complexity index is 690. The highest BCUT2D eigenvalue weighted by molar-refractivity contribution is 5.30. The van der Waals surface area contributed by atoms with Gasteiger partial charge in [0.05, 0.1) is 22.9 Å². The molecule has 1 aliphatic heterocycles. The Morgan fingerprint density at radius 1 is 1.17 bits per heavy atom. The van der Waals surface area contributed by atoms with E-state index in [1.54, 1.807) is 12.3 Å². The molecular formula is C17H18F3N3O. The molecule has 2 N–H and O–H groups in total. The average Bonchev–Trinajstić information content (AvgIpc) is 2.54. The zero-order valence-corrected chi connectivity index (χ0v) is 13.1. The summed E-state index contributed by atoms with van der Waals surface area (Å²) in [4.78, 5) is 0. The lowest BCUT2D eigenvalue weighted by atomic mass is 9.78. The Balaban J connectivity index is 1.88. The highest BCUT2D eigenvalue weighted by Crippen LogP contribution is 2.40. The number of nitrogens with zero attached hydrogens (tertiary/aromatic N) is 2. The van der Waals surface area contributed by atoms with Crippen LogP contribution in [0.15, 0.2) is 42.6 Å². The van der Waals surface area contributed by atoms with Crippen molar-refractivity contribution in [3.05, 3.63) is 59.4 Å². The number of nitrogens with one attached hydrogen (secondary N) is 1. The van der Waals surface area contributed by atoms with Gasteiger partial charge in [0.15, 0.2) is 0 Å². The summed E-state index contributed by atoms with van der Waals surface area (Å²) in [5.74, 6) is 0. The van der Waals surface area contributed by atoms with Crippen molar-refractivity contribution in [3.63, 3.8) is 0 Å². The molecule has 1 saturated heterocycles. The van der Waals surface area contributed by atoms with E-state index in [1.165, 1.54) is 12.1 Å². The van der Waals surface area contributed by atoms with Crippen molar-refractivity contribution in [2.75, 3.05) is 0 Å². The molecule has 2 heterocycles. The Kier molecular flexibility index (Phi) is 4.31. The van der Waals surface area contributed by atoms with Crippen molar-refractivity contribution < 1.29 is 18.3 Å². The summed E-state index contributed by atoms with van der Waals surface area (Å²) >= 11 is 0. The van der Waals surface area contributed by atoms with E-state index < -0.39 is 17.3 Å². The third-order valence-electron chi connectivity index (χ3n) is 4.37. The van der Waals surface area contributed by atoms with E-state index in [0.29, 0.717) is 24.1 Å². The summed E-state index contributed by atoms with van der Waals surface area (Å²) in [6.07, 6.45) is -2.08. The van der Waals surface area contributed by atoms with Crippen LogP contribution in [0.1, 0.15) is 42.6 Å². The summed E-state index contributed by atoms with van der Waals surface area (Å²) in [6.45, 7) is 1.93. The standard InChI is InChI=1S/C17H18F3N3O/c1-11-9-16(24,10-15(22-11)14-3-2-8-21-23-14)12-4-6-13(7-5-12)17(18,19)20/h2-8,11,15,22,24H,9-10H2,1H3/t11-,15-,16?/m0/s1. The van der Waals surface area contributed by atoms with Gasteiger partial charge in [-0.15, -0.1) is 0 Å². The largest absolute Gasteiger partial charge is 0.416 e. The molecule has 0 radical (unpaired) electrons. The maximum absolute atomic E-state index is 12.7. The molecular weight excluding hydrogens is 319 g/mol. The zero-order chi connectivity index (χ0) is 17.4. The number of hydrogen-bond acceptors (Lipinski definition) is 4. The molecule has 1 aliphatic rings. The van der Waals surface area contributed by atoms with Gasteiger partial charge in [-0.1, -0.05) is 12.1 Å². The van der Waals surface area contributed by atoms with E-state index >= 15 is 0 Å². The molecule has 7 heteroatoms. The highest BCUT2D eigenvalue weighted by Gasteiger charge is 2.40. The predicted molar refractivity (Wildman–Crippen MR) is 81.9 cm³/mol. The SMILES string of the molecule is C[C@H]1CC(O)(c2ccc(C(F)(F)F)cc2)C[C@@H](c2cccnn2)N1. The maximum atomic E-state index is 12.7. The van der Waals surface area contributed by atoms with Crippen molar-refractivity contribution in [1.29, 1.82) is 0 Å². The van der Waals surface area contributed by atoms with Crippen molar-refractivity contribution in [2.45, 2.75) is 43.6 Å². The first-order valence-corrected chi connectivity index (χ1v) is 7.72. The third kappa shape index (κ3) is 3.42. The number of alkyl halides is 3. The van der Waals surface area contributed by atoms with E-state index in [-0.39, 0.29) is 12.1 Å². The molecule has 0 bridgehead atoms. The minimum Gasteiger partial charge on any atom is -0.385 e. The molecule has 128 valence electrons. The van der Waals surface area contributed by atoms with Crippen LogP contribution in [-0.4, -0.2) is 21.3 Å². The van der Waals surface area contributed by atoms with Gasteiger partial charge in [0.25, 0.3) is 0 Å². The van der Waals surface area contributed by atoms with Crippen molar-refractivity contribution >= 4 is 0 Å². The van der Waals surface area contributed by atoms with Gasteiger partial charge in [0.2, 0.25) is 0 Å². The molecule has 4 nitrogen and oxygen atoms in total. The van der Waals surface area contributed by atoms with E-state index in [9.17, 15) is 18.3 Å². The van der Waals surface area contributed by atoms with E-state index in [1.807, 2.05) is 13.0 Å². The first-order chi connectivity index (χ1) is 11.3. The molecule has 0 saturated carbocycles. The van der Waals surface area contributed by atoms with E-state index in [4.69, 9.17) is 0 Å². The van der Waals surface area contributed by atoms with Gasteiger partial charge in [0.1, 0.15) is 0 Å². The molecule has 0 aliphatic carbocycles. The molecule has 1 unspecified atom stereocenters. The van der Waals surface area contributed by atoms with E-state index in [2.05, 4.69) is 15.5 Å². The molecule has 3 rings (SSSR count). The number of benzene rings is 1. The molecule has 0 amide bonds. The normalized spacial score (nSPS) is 27.9. The number of aromatic nitrogens is 2. The van der Waals surface area contributed by atoms with Gasteiger partial charge in [-0.05, 0) is 43.2 Å². The second kappa shape index (κ2) is 6.14. The lowest BCUT2D eigenvalue weighted by molar-refractivity contribution is -0.137. The third-order valence-corrected chi connectivity index (χ3v) is 4.37. The first kappa shape index (κ1) is 16.9. The van der Waals surface area contributed by atoms with E-state index in [0.717, 1.165) is 12.1 Å². The fourth-order valence-electron chi connectivity index (χ4n) is 3.28. The zero-order valence-electron chi connectivity index (χ0n) is 13.1. The van der Waals surface area contributed by atoms with Crippen molar-refractivity contribution in [2.24, 2.45) is 0 Å². The van der Waals surface area contributed by atoms with Crippen LogP contribution in [-0.2, 0) is 11.8 Å². The van der Waals surface area contributed by atoms with Crippen LogP contribution in [0.25, 0.3) is 0 Å². The topological polar surface area (TPSA) is 58.0 Å². The summed E-state index contributed by atoms with van der Waals surface area (Å²) in [7, 11) is 0. The highest BCUT2D eigenvalue weighted by atomic mass is 19.4. The lowest BCUT2D eigenvalue weighted by Crippen LogP contribution is -2.47. The number of halogens is 3. The van der Waals surface area contributed by atoms with Crippen LogP contribution < -0.4 is 5.32 Å². The molecule has 1 aromatic carbocycles. The monoisotopic (exact) mass is 337 g/mol. The van der Waals surface area contributed by atoms with Crippen LogP contribution in [0.2, 0.25) is 0 Å². The minimum atomic E-state index is -4.38. The summed E-state index contributed by atoms with van der Waals surface area (Å²) < 4.78 is 38.1. The Labute approximate surface area is 137 Å².